The molecule has 1 aromatic rings. The second-order valence-corrected chi connectivity index (χ2v) is 3.92. The van der Waals surface area contributed by atoms with Gasteiger partial charge in [0.05, 0.1) is 23.4 Å². The van der Waals surface area contributed by atoms with Gasteiger partial charge >= 0.3 is 5.97 Å². The van der Waals surface area contributed by atoms with Crippen molar-refractivity contribution in [3.05, 3.63) is 45.4 Å². The summed E-state index contributed by atoms with van der Waals surface area (Å²) in [5, 5.41) is 8.42. The van der Waals surface area contributed by atoms with Crippen LogP contribution in [-0.4, -0.2) is 53.5 Å². The summed E-state index contributed by atoms with van der Waals surface area (Å²) in [4.78, 5) is 23.0. The maximum absolute atomic E-state index is 13.2. The van der Waals surface area contributed by atoms with Crippen molar-refractivity contribution in [1.82, 2.24) is 0 Å². The quantitative estimate of drug-likeness (QED) is 0.136. The number of ether oxygens (including phenoxy) is 1. The maximum atomic E-state index is 13.2. The van der Waals surface area contributed by atoms with E-state index in [1.807, 2.05) is 0 Å². The summed E-state index contributed by atoms with van der Waals surface area (Å²) in [6.45, 7) is 0. The first-order chi connectivity index (χ1) is 8.42. The van der Waals surface area contributed by atoms with Crippen molar-refractivity contribution in [2.45, 2.75) is 0 Å². The van der Waals surface area contributed by atoms with E-state index in [1.165, 1.54) is 0 Å². The molecular formula is C11H7Cl2FNaO4. The average molecular weight is 316 g/mol. The fourth-order valence-electron chi connectivity index (χ4n) is 1.16. The van der Waals surface area contributed by atoms with Gasteiger partial charge in [-0.3, -0.25) is 4.79 Å². The van der Waals surface area contributed by atoms with E-state index in [0.717, 1.165) is 19.2 Å². The smallest absolute Gasteiger partial charge is 0.345 e. The fraction of sp³-hybridized carbons (Fsp3) is 0.0909. The largest absolute Gasteiger partial charge is 0.515 e. The molecule has 0 unspecified atom stereocenters. The van der Waals surface area contributed by atoms with Crippen LogP contribution >= 0.6 is 23.2 Å². The number of carbonyl (C=O) groups excluding carboxylic acids is 2. The number of halogens is 3. The first-order valence-corrected chi connectivity index (χ1v) is 5.30. The standard InChI is InChI=1S/C11H7Cl2FO4.Na/c1-18-11(17)6(4-15)10(16)5-2-9(14)8(13)3-7(5)12;/h2-4,15H,1H3;/b6-4-;. The summed E-state index contributed by atoms with van der Waals surface area (Å²) in [6, 6.07) is 1.80. The second-order valence-electron chi connectivity index (χ2n) is 3.11. The van der Waals surface area contributed by atoms with E-state index in [4.69, 9.17) is 28.3 Å². The predicted molar refractivity (Wildman–Crippen MR) is 69.2 cm³/mol. The molecule has 0 spiro atoms. The van der Waals surface area contributed by atoms with E-state index >= 15 is 0 Å². The molecule has 0 aliphatic rings. The molecule has 1 rings (SSSR count). The van der Waals surface area contributed by atoms with Crippen molar-refractivity contribution in [1.29, 1.82) is 0 Å². The normalized spacial score (nSPS) is 10.6. The predicted octanol–water partition coefficient (Wildman–Crippen LogP) is 2.55. The molecule has 0 saturated heterocycles. The van der Waals surface area contributed by atoms with Crippen LogP contribution in [0.5, 0.6) is 0 Å². The number of methoxy groups -OCH3 is 1. The van der Waals surface area contributed by atoms with Gasteiger partial charge in [0, 0.05) is 35.1 Å². The van der Waals surface area contributed by atoms with Crippen LogP contribution in [0.2, 0.25) is 10.0 Å². The van der Waals surface area contributed by atoms with Gasteiger partial charge in [-0.1, -0.05) is 23.2 Å². The van der Waals surface area contributed by atoms with Crippen LogP contribution < -0.4 is 0 Å². The van der Waals surface area contributed by atoms with Crippen molar-refractivity contribution in [2.24, 2.45) is 0 Å². The Bertz CT molecular complexity index is 546. The molecule has 0 heterocycles. The average Bonchev–Trinajstić information content (AvgIpc) is 2.34. The molecule has 4 nitrogen and oxygen atoms in total. The molecule has 0 fully saturated rings. The number of hydrogen-bond donors (Lipinski definition) is 1. The third-order valence-electron chi connectivity index (χ3n) is 2.03. The summed E-state index contributed by atoms with van der Waals surface area (Å²) in [5.74, 6) is -2.90. The molecule has 0 aliphatic carbocycles. The van der Waals surface area contributed by atoms with Crippen molar-refractivity contribution < 1.29 is 23.8 Å². The van der Waals surface area contributed by atoms with Gasteiger partial charge in [0.25, 0.3) is 0 Å². The monoisotopic (exact) mass is 315 g/mol. The van der Waals surface area contributed by atoms with E-state index in [2.05, 4.69) is 4.74 Å². The van der Waals surface area contributed by atoms with Crippen molar-refractivity contribution in [2.75, 3.05) is 7.11 Å². The molecule has 1 N–H and O–H groups in total. The summed E-state index contributed by atoms with van der Waals surface area (Å²) in [6.07, 6.45) is 0.275. The molecule has 0 amide bonds. The van der Waals surface area contributed by atoms with E-state index in [0.29, 0.717) is 0 Å². The van der Waals surface area contributed by atoms with E-state index < -0.39 is 23.1 Å². The summed E-state index contributed by atoms with van der Waals surface area (Å²) in [7, 11) is 1.03. The minimum Gasteiger partial charge on any atom is -0.515 e. The van der Waals surface area contributed by atoms with Crippen LogP contribution in [-0.2, 0) is 9.53 Å². The van der Waals surface area contributed by atoms with Crippen molar-refractivity contribution in [3.8, 4) is 0 Å². The van der Waals surface area contributed by atoms with E-state index in [9.17, 15) is 14.0 Å². The third kappa shape index (κ3) is 4.19. The van der Waals surface area contributed by atoms with Gasteiger partial charge in [-0.05, 0) is 12.1 Å². The minimum atomic E-state index is -1.06. The molecule has 8 heteroatoms. The van der Waals surface area contributed by atoms with Crippen LogP contribution in [0, 0.1) is 5.82 Å². The zero-order chi connectivity index (χ0) is 13.9. The number of hydrogen-bond acceptors (Lipinski definition) is 4. The van der Waals surface area contributed by atoms with Crippen LogP contribution in [0.3, 0.4) is 0 Å². The Kier molecular flexibility index (Phi) is 7.62. The number of carbonyl (C=O) groups is 2. The van der Waals surface area contributed by atoms with Gasteiger partial charge in [0.15, 0.2) is 0 Å². The maximum Gasteiger partial charge on any atom is 0.345 e. The van der Waals surface area contributed by atoms with Crippen LogP contribution in [0.4, 0.5) is 4.39 Å². The Balaban J connectivity index is 0.00000324. The number of ketones is 1. The zero-order valence-electron chi connectivity index (χ0n) is 10.0. The first kappa shape index (κ1) is 18.4. The first-order valence-electron chi connectivity index (χ1n) is 4.54. The fourth-order valence-corrected chi connectivity index (χ4v) is 1.62. The van der Waals surface area contributed by atoms with Crippen LogP contribution in [0.25, 0.3) is 0 Å². The molecule has 0 aromatic heterocycles. The van der Waals surface area contributed by atoms with Crippen LogP contribution in [0.1, 0.15) is 10.4 Å². The number of aliphatic hydroxyl groups is 1. The van der Waals surface area contributed by atoms with Gasteiger partial charge in [0.2, 0.25) is 5.78 Å². The number of aliphatic hydroxyl groups excluding tert-OH is 1. The topological polar surface area (TPSA) is 63.6 Å². The number of rotatable bonds is 3. The Labute approximate surface area is 140 Å². The molecule has 0 aliphatic heterocycles. The molecule has 1 aromatic carbocycles. The van der Waals surface area contributed by atoms with E-state index in [-0.39, 0.29) is 51.4 Å². The minimum absolute atomic E-state index is 0. The Morgan fingerprint density at radius 1 is 1.32 bits per heavy atom. The Morgan fingerprint density at radius 2 is 1.89 bits per heavy atom. The van der Waals surface area contributed by atoms with Gasteiger partial charge in [-0.2, -0.15) is 0 Å². The molecular weight excluding hydrogens is 309 g/mol. The molecule has 0 atom stereocenters. The van der Waals surface area contributed by atoms with E-state index in [1.54, 1.807) is 0 Å². The summed E-state index contributed by atoms with van der Waals surface area (Å²) < 4.78 is 17.5. The molecule has 0 saturated carbocycles. The van der Waals surface area contributed by atoms with Crippen LogP contribution in [0.15, 0.2) is 24.0 Å². The molecule has 1 radical (unpaired) electrons. The molecule has 19 heavy (non-hydrogen) atoms. The van der Waals surface area contributed by atoms with Crippen molar-refractivity contribution >= 4 is 64.5 Å². The molecule has 0 bridgehead atoms. The number of Topliss-reactive ketones (excluding diaryl/α,β-unsaturated/α-hetero) is 1. The van der Waals surface area contributed by atoms with Gasteiger partial charge in [-0.25, -0.2) is 9.18 Å². The summed E-state index contributed by atoms with van der Waals surface area (Å²) >= 11 is 11.2. The molecule has 97 valence electrons. The Hall–Kier alpha value is -0.590. The third-order valence-corrected chi connectivity index (χ3v) is 2.64. The van der Waals surface area contributed by atoms with Crippen molar-refractivity contribution in [3.63, 3.8) is 0 Å². The SMILES string of the molecule is COC(=O)/C(=C\O)C(=O)c1cc(F)c(Cl)cc1Cl.[Na]. The van der Waals surface area contributed by atoms with Gasteiger partial charge in [-0.15, -0.1) is 0 Å². The Morgan fingerprint density at radius 3 is 2.37 bits per heavy atom. The second kappa shape index (κ2) is 7.87. The summed E-state index contributed by atoms with van der Waals surface area (Å²) in [5.41, 5.74) is -0.967. The van der Waals surface area contributed by atoms with Gasteiger partial charge in [0.1, 0.15) is 11.4 Å². The van der Waals surface area contributed by atoms with Gasteiger partial charge < -0.3 is 9.84 Å². The number of esters is 1. The number of benzene rings is 1. The zero-order valence-corrected chi connectivity index (χ0v) is 13.5.